The maximum Gasteiger partial charge on any atom is 0.267 e. The van der Waals surface area contributed by atoms with Gasteiger partial charge in [0.2, 0.25) is 5.91 Å². The number of rotatable bonds is 4. The highest BCUT2D eigenvalue weighted by molar-refractivity contribution is 6.33. The van der Waals surface area contributed by atoms with Crippen LogP contribution in [0.1, 0.15) is 0 Å². The summed E-state index contributed by atoms with van der Waals surface area (Å²) in [6, 6.07) is 17.9. The molecule has 8 heteroatoms. The maximum atomic E-state index is 12.8. The van der Waals surface area contributed by atoms with Crippen molar-refractivity contribution in [3.63, 3.8) is 0 Å². The van der Waals surface area contributed by atoms with Gasteiger partial charge in [0.05, 0.1) is 16.4 Å². The molecule has 0 spiro atoms. The number of piperazine rings is 1. The summed E-state index contributed by atoms with van der Waals surface area (Å²) in [4.78, 5) is 28.9. The van der Waals surface area contributed by atoms with Gasteiger partial charge < -0.3 is 9.80 Å². The average molecular weight is 443 g/mol. The predicted molar refractivity (Wildman–Crippen MR) is 119 cm³/mol. The highest BCUT2D eigenvalue weighted by Gasteiger charge is 2.23. The Labute approximate surface area is 184 Å². The molecule has 1 aliphatic rings. The second-order valence-electron chi connectivity index (χ2n) is 7.04. The molecule has 1 aromatic heterocycles. The molecular weight excluding hydrogens is 423 g/mol. The standard InChI is InChI=1S/C22H20Cl2N4O2/c23-17-7-5-16(6-8-17)19-9-10-21(29)28(25-19)15-22(30)27-13-11-26(12-14-27)20-4-2-1-3-18(20)24/h1-10H,11-15H2. The van der Waals surface area contributed by atoms with Crippen molar-refractivity contribution < 1.29 is 4.79 Å². The molecule has 1 saturated heterocycles. The molecule has 0 atom stereocenters. The number of hydrogen-bond donors (Lipinski definition) is 0. The molecule has 1 amide bonds. The van der Waals surface area contributed by atoms with Gasteiger partial charge in [-0.25, -0.2) is 4.68 Å². The predicted octanol–water partition coefficient (Wildman–Crippen LogP) is 3.57. The van der Waals surface area contributed by atoms with E-state index in [2.05, 4.69) is 10.00 Å². The Morgan fingerprint density at radius 1 is 0.900 bits per heavy atom. The molecule has 6 nitrogen and oxygen atoms in total. The molecule has 0 N–H and O–H groups in total. The zero-order valence-corrected chi connectivity index (χ0v) is 17.7. The Bertz CT molecular complexity index is 1110. The van der Waals surface area contributed by atoms with E-state index in [0.717, 1.165) is 11.3 Å². The van der Waals surface area contributed by atoms with E-state index in [0.29, 0.717) is 41.9 Å². The summed E-state index contributed by atoms with van der Waals surface area (Å²) in [5, 5.41) is 5.69. The molecular formula is C22H20Cl2N4O2. The minimum Gasteiger partial charge on any atom is -0.367 e. The average Bonchev–Trinajstić information content (AvgIpc) is 2.76. The van der Waals surface area contributed by atoms with Gasteiger partial charge in [0.15, 0.2) is 0 Å². The summed E-state index contributed by atoms with van der Waals surface area (Å²) in [5.74, 6) is -0.128. The number of amides is 1. The molecule has 0 saturated carbocycles. The number of benzene rings is 2. The normalized spacial score (nSPS) is 14.1. The summed E-state index contributed by atoms with van der Waals surface area (Å²) in [5.41, 5.74) is 2.10. The summed E-state index contributed by atoms with van der Waals surface area (Å²) < 4.78 is 1.21. The number of halogens is 2. The van der Waals surface area contributed by atoms with Crippen molar-refractivity contribution in [3.8, 4) is 11.3 Å². The van der Waals surface area contributed by atoms with Crippen molar-refractivity contribution in [3.05, 3.63) is 81.1 Å². The molecule has 0 unspecified atom stereocenters. The van der Waals surface area contributed by atoms with Gasteiger partial charge in [-0.2, -0.15) is 5.10 Å². The number of hydrogen-bond acceptors (Lipinski definition) is 4. The first-order valence-electron chi connectivity index (χ1n) is 9.62. The number of carbonyl (C=O) groups is 1. The van der Waals surface area contributed by atoms with Crippen molar-refractivity contribution in [2.75, 3.05) is 31.1 Å². The molecule has 3 aromatic rings. The highest BCUT2D eigenvalue weighted by Crippen LogP contribution is 2.26. The van der Waals surface area contributed by atoms with Crippen LogP contribution < -0.4 is 10.5 Å². The Hall–Kier alpha value is -2.83. The maximum absolute atomic E-state index is 12.8. The fourth-order valence-corrected chi connectivity index (χ4v) is 3.85. The van der Waals surface area contributed by atoms with E-state index in [-0.39, 0.29) is 18.0 Å². The van der Waals surface area contributed by atoms with Crippen LogP contribution in [0.15, 0.2) is 65.5 Å². The highest BCUT2D eigenvalue weighted by atomic mass is 35.5. The summed E-state index contributed by atoms with van der Waals surface area (Å²) in [7, 11) is 0. The minimum absolute atomic E-state index is 0.0909. The summed E-state index contributed by atoms with van der Waals surface area (Å²) in [6.07, 6.45) is 0. The van der Waals surface area contributed by atoms with Crippen LogP contribution in [-0.2, 0) is 11.3 Å². The van der Waals surface area contributed by atoms with E-state index in [9.17, 15) is 9.59 Å². The molecule has 4 rings (SSSR count). The molecule has 30 heavy (non-hydrogen) atoms. The van der Waals surface area contributed by atoms with Gasteiger partial charge in [-0.05, 0) is 30.3 Å². The van der Waals surface area contributed by atoms with Crippen molar-refractivity contribution in [1.82, 2.24) is 14.7 Å². The van der Waals surface area contributed by atoms with Crippen LogP contribution in [0.4, 0.5) is 5.69 Å². The van der Waals surface area contributed by atoms with Crippen LogP contribution in [0.5, 0.6) is 0 Å². The zero-order chi connectivity index (χ0) is 21.1. The molecule has 0 aliphatic carbocycles. The largest absolute Gasteiger partial charge is 0.367 e. The van der Waals surface area contributed by atoms with E-state index < -0.39 is 0 Å². The van der Waals surface area contributed by atoms with Crippen LogP contribution in [0.2, 0.25) is 10.0 Å². The lowest BCUT2D eigenvalue weighted by Gasteiger charge is -2.36. The van der Waals surface area contributed by atoms with Gasteiger partial charge in [0, 0.05) is 42.8 Å². The third-order valence-electron chi connectivity index (χ3n) is 5.12. The van der Waals surface area contributed by atoms with Gasteiger partial charge in [-0.1, -0.05) is 47.5 Å². The number of aromatic nitrogens is 2. The van der Waals surface area contributed by atoms with Gasteiger partial charge in [0.25, 0.3) is 5.56 Å². The lowest BCUT2D eigenvalue weighted by atomic mass is 10.1. The minimum atomic E-state index is -0.309. The molecule has 1 aliphatic heterocycles. The smallest absolute Gasteiger partial charge is 0.267 e. The van der Waals surface area contributed by atoms with Crippen molar-refractivity contribution in [2.24, 2.45) is 0 Å². The Balaban J connectivity index is 1.43. The topological polar surface area (TPSA) is 58.4 Å². The van der Waals surface area contributed by atoms with Crippen molar-refractivity contribution in [2.45, 2.75) is 6.54 Å². The molecule has 2 aromatic carbocycles. The van der Waals surface area contributed by atoms with Crippen LogP contribution in [-0.4, -0.2) is 46.8 Å². The Morgan fingerprint density at radius 2 is 1.60 bits per heavy atom. The molecule has 0 radical (unpaired) electrons. The third-order valence-corrected chi connectivity index (χ3v) is 5.69. The first-order chi connectivity index (χ1) is 14.5. The van der Waals surface area contributed by atoms with E-state index in [1.54, 1.807) is 23.1 Å². The number of para-hydroxylation sites is 1. The quantitative estimate of drug-likeness (QED) is 0.619. The molecule has 0 bridgehead atoms. The van der Waals surface area contributed by atoms with Crippen molar-refractivity contribution in [1.29, 1.82) is 0 Å². The van der Waals surface area contributed by atoms with Crippen LogP contribution >= 0.6 is 23.2 Å². The van der Waals surface area contributed by atoms with Crippen LogP contribution in [0.25, 0.3) is 11.3 Å². The van der Waals surface area contributed by atoms with Gasteiger partial charge in [-0.15, -0.1) is 0 Å². The van der Waals surface area contributed by atoms with Gasteiger partial charge >= 0.3 is 0 Å². The van der Waals surface area contributed by atoms with E-state index in [1.807, 2.05) is 36.4 Å². The number of nitrogens with zero attached hydrogens (tertiary/aromatic N) is 4. The zero-order valence-electron chi connectivity index (χ0n) is 16.2. The molecule has 1 fully saturated rings. The van der Waals surface area contributed by atoms with E-state index >= 15 is 0 Å². The Morgan fingerprint density at radius 3 is 2.30 bits per heavy atom. The van der Waals surface area contributed by atoms with E-state index in [1.165, 1.54) is 10.7 Å². The SMILES string of the molecule is O=C(Cn1nc(-c2ccc(Cl)cc2)ccc1=O)N1CCN(c2ccccc2Cl)CC1. The summed E-state index contributed by atoms with van der Waals surface area (Å²) >= 11 is 12.2. The van der Waals surface area contributed by atoms with Gasteiger partial charge in [0.1, 0.15) is 6.54 Å². The lowest BCUT2D eigenvalue weighted by molar-refractivity contribution is -0.132. The van der Waals surface area contributed by atoms with Crippen LogP contribution in [0.3, 0.4) is 0 Å². The third kappa shape index (κ3) is 4.50. The second-order valence-corrected chi connectivity index (χ2v) is 7.88. The fraction of sp³-hybridized carbons (Fsp3) is 0.227. The summed E-state index contributed by atoms with van der Waals surface area (Å²) in [6.45, 7) is 2.41. The van der Waals surface area contributed by atoms with Crippen molar-refractivity contribution >= 4 is 34.8 Å². The van der Waals surface area contributed by atoms with Crippen LogP contribution in [0, 0.1) is 0 Å². The monoisotopic (exact) mass is 442 g/mol. The lowest BCUT2D eigenvalue weighted by Crippen LogP contribution is -2.50. The number of carbonyl (C=O) groups excluding carboxylic acids is 1. The first kappa shape index (κ1) is 20.4. The molecule has 154 valence electrons. The Kier molecular flexibility index (Phi) is 6.06. The fourth-order valence-electron chi connectivity index (χ4n) is 3.47. The van der Waals surface area contributed by atoms with Gasteiger partial charge in [-0.3, -0.25) is 9.59 Å². The van der Waals surface area contributed by atoms with E-state index in [4.69, 9.17) is 23.2 Å². The molecule has 2 heterocycles. The number of anilines is 1. The first-order valence-corrected chi connectivity index (χ1v) is 10.4. The second kappa shape index (κ2) is 8.90.